The van der Waals surface area contributed by atoms with Crippen LogP contribution in [0.15, 0.2) is 65.8 Å². The molecule has 1 heterocycles. The molecule has 0 radical (unpaired) electrons. The number of benzene rings is 2. The number of thioether (sulfide) groups is 1. The Morgan fingerprint density at radius 1 is 1.03 bits per heavy atom. The van der Waals surface area contributed by atoms with Crippen molar-refractivity contribution in [2.24, 2.45) is 0 Å². The van der Waals surface area contributed by atoms with Gasteiger partial charge in [-0.1, -0.05) is 72.4 Å². The Labute approximate surface area is 189 Å². The third-order valence-corrected chi connectivity index (χ3v) is 6.31. The minimum atomic E-state index is 0.126. The average molecular weight is 438 g/mol. The number of nitrogens with zero attached hydrogens (tertiary/aromatic N) is 3. The van der Waals surface area contributed by atoms with Crippen LogP contribution >= 0.6 is 11.8 Å². The van der Waals surface area contributed by atoms with E-state index in [-0.39, 0.29) is 5.91 Å². The minimum absolute atomic E-state index is 0.126. The highest BCUT2D eigenvalue weighted by Gasteiger charge is 2.18. The van der Waals surface area contributed by atoms with Gasteiger partial charge in [0.15, 0.2) is 5.16 Å². The molecule has 6 heteroatoms. The molecule has 0 aliphatic rings. The van der Waals surface area contributed by atoms with Gasteiger partial charge < -0.3 is 14.2 Å². The molecule has 0 fully saturated rings. The summed E-state index contributed by atoms with van der Waals surface area (Å²) >= 11 is 1.51. The van der Waals surface area contributed by atoms with Crippen LogP contribution in [0.1, 0.15) is 22.5 Å². The lowest BCUT2D eigenvalue weighted by molar-refractivity contribution is -0.128. The third kappa shape index (κ3) is 6.71. The monoisotopic (exact) mass is 437 g/mol. The lowest BCUT2D eigenvalue weighted by Gasteiger charge is -2.23. The zero-order valence-corrected chi connectivity index (χ0v) is 19.4. The highest BCUT2D eigenvalue weighted by atomic mass is 32.2. The molecule has 2 aromatic carbocycles. The lowest BCUT2D eigenvalue weighted by atomic mass is 10.1. The average Bonchev–Trinajstić information content (AvgIpc) is 3.07. The normalized spacial score (nSPS) is 10.9. The molecular formula is C25H31N3O2S. The molecule has 0 saturated carbocycles. The van der Waals surface area contributed by atoms with Gasteiger partial charge in [0.05, 0.1) is 18.1 Å². The maximum atomic E-state index is 13.2. The van der Waals surface area contributed by atoms with E-state index in [0.29, 0.717) is 25.4 Å². The summed E-state index contributed by atoms with van der Waals surface area (Å²) in [5.74, 6) is 0.492. The van der Waals surface area contributed by atoms with E-state index in [1.165, 1.54) is 17.3 Å². The van der Waals surface area contributed by atoms with Crippen molar-refractivity contribution in [2.75, 3.05) is 26.0 Å². The summed E-state index contributed by atoms with van der Waals surface area (Å²) in [5.41, 5.74) is 4.50. The second-order valence-corrected chi connectivity index (χ2v) is 8.48. The second-order valence-electron chi connectivity index (χ2n) is 7.53. The summed E-state index contributed by atoms with van der Waals surface area (Å²) in [6.45, 7) is 6.73. The van der Waals surface area contributed by atoms with Crippen LogP contribution in [0.2, 0.25) is 0 Å². The van der Waals surface area contributed by atoms with Crippen molar-refractivity contribution in [3.05, 3.63) is 83.2 Å². The Kier molecular flexibility index (Phi) is 8.74. The SMILES string of the molecule is COCCn1c(SCC(=O)N(CCc2ccccc2)Cc2ccccc2)nc(C)c1C. The zero-order valence-electron chi connectivity index (χ0n) is 18.6. The Balaban J connectivity index is 1.68. The van der Waals surface area contributed by atoms with E-state index in [0.717, 1.165) is 35.1 Å². The van der Waals surface area contributed by atoms with Gasteiger partial charge in [-0.3, -0.25) is 4.79 Å². The van der Waals surface area contributed by atoms with E-state index in [1.54, 1.807) is 7.11 Å². The first kappa shape index (κ1) is 23.1. The quantitative estimate of drug-likeness (QED) is 0.414. The molecular weight excluding hydrogens is 406 g/mol. The van der Waals surface area contributed by atoms with Gasteiger partial charge in [0.1, 0.15) is 0 Å². The molecule has 0 aliphatic heterocycles. The maximum absolute atomic E-state index is 13.2. The van der Waals surface area contributed by atoms with Crippen molar-refractivity contribution < 1.29 is 9.53 Å². The first-order chi connectivity index (χ1) is 15.1. The van der Waals surface area contributed by atoms with Crippen LogP contribution in [-0.2, 0) is 29.0 Å². The van der Waals surface area contributed by atoms with Gasteiger partial charge >= 0.3 is 0 Å². The Hall–Kier alpha value is -2.57. The number of imidazole rings is 1. The number of amides is 1. The molecule has 0 saturated heterocycles. The molecule has 0 spiro atoms. The molecule has 0 N–H and O–H groups in total. The van der Waals surface area contributed by atoms with E-state index in [1.807, 2.05) is 48.2 Å². The molecule has 0 aliphatic carbocycles. The number of aromatic nitrogens is 2. The molecule has 0 unspecified atom stereocenters. The van der Waals surface area contributed by atoms with Gasteiger partial charge in [0.2, 0.25) is 5.91 Å². The number of aryl methyl sites for hydroxylation is 1. The molecule has 164 valence electrons. The molecule has 1 amide bonds. The third-order valence-electron chi connectivity index (χ3n) is 5.35. The molecule has 31 heavy (non-hydrogen) atoms. The highest BCUT2D eigenvalue weighted by Crippen LogP contribution is 2.22. The fourth-order valence-corrected chi connectivity index (χ4v) is 4.42. The van der Waals surface area contributed by atoms with Gasteiger partial charge in [-0.15, -0.1) is 0 Å². The number of hydrogen-bond acceptors (Lipinski definition) is 4. The first-order valence-corrected chi connectivity index (χ1v) is 11.6. The highest BCUT2D eigenvalue weighted by molar-refractivity contribution is 7.99. The Morgan fingerprint density at radius 2 is 1.68 bits per heavy atom. The van der Waals surface area contributed by atoms with Crippen molar-refractivity contribution in [3.8, 4) is 0 Å². The standard InChI is InChI=1S/C25H31N3O2S/c1-20-21(2)28(16-17-30-3)25(26-20)31-19-24(29)27(18-23-12-8-5-9-13-23)15-14-22-10-6-4-7-11-22/h4-13H,14-19H2,1-3H3. The van der Waals surface area contributed by atoms with E-state index < -0.39 is 0 Å². The summed E-state index contributed by atoms with van der Waals surface area (Å²) in [4.78, 5) is 19.8. The first-order valence-electron chi connectivity index (χ1n) is 10.6. The molecule has 5 nitrogen and oxygen atoms in total. The van der Waals surface area contributed by atoms with Crippen molar-refractivity contribution in [1.82, 2.24) is 14.5 Å². The molecule has 3 aromatic rings. The summed E-state index contributed by atoms with van der Waals surface area (Å²) in [6, 6.07) is 20.5. The molecule has 0 atom stereocenters. The number of ether oxygens (including phenoxy) is 1. The largest absolute Gasteiger partial charge is 0.383 e. The fourth-order valence-electron chi connectivity index (χ4n) is 3.40. The van der Waals surface area contributed by atoms with Crippen LogP contribution in [-0.4, -0.2) is 46.4 Å². The predicted octanol–water partition coefficient (Wildman–Crippen LogP) is 4.51. The molecule has 3 rings (SSSR count). The van der Waals surface area contributed by atoms with E-state index in [2.05, 4.69) is 40.7 Å². The number of carbonyl (C=O) groups is 1. The summed E-state index contributed by atoms with van der Waals surface area (Å²) < 4.78 is 7.38. The van der Waals surface area contributed by atoms with Gasteiger partial charge in [0.25, 0.3) is 0 Å². The summed E-state index contributed by atoms with van der Waals surface area (Å²) in [5, 5.41) is 0.878. The number of carbonyl (C=O) groups excluding carboxylic acids is 1. The van der Waals surface area contributed by atoms with Crippen LogP contribution in [0.4, 0.5) is 0 Å². The maximum Gasteiger partial charge on any atom is 0.233 e. The van der Waals surface area contributed by atoms with Gasteiger partial charge in [0, 0.05) is 32.4 Å². The summed E-state index contributed by atoms with van der Waals surface area (Å²) in [7, 11) is 1.70. The topological polar surface area (TPSA) is 47.4 Å². The van der Waals surface area contributed by atoms with Gasteiger partial charge in [-0.05, 0) is 31.4 Å². The van der Waals surface area contributed by atoms with Crippen molar-refractivity contribution in [1.29, 1.82) is 0 Å². The summed E-state index contributed by atoms with van der Waals surface area (Å²) in [6.07, 6.45) is 0.838. The van der Waals surface area contributed by atoms with Crippen molar-refractivity contribution in [2.45, 2.75) is 38.5 Å². The van der Waals surface area contributed by atoms with Crippen LogP contribution in [0.25, 0.3) is 0 Å². The second kappa shape index (κ2) is 11.7. The van der Waals surface area contributed by atoms with Crippen molar-refractivity contribution in [3.63, 3.8) is 0 Å². The Bertz CT molecular complexity index is 958. The number of hydrogen-bond donors (Lipinski definition) is 0. The molecule has 0 bridgehead atoms. The van der Waals surface area contributed by atoms with E-state index in [9.17, 15) is 4.79 Å². The van der Waals surface area contributed by atoms with E-state index in [4.69, 9.17) is 4.74 Å². The van der Waals surface area contributed by atoms with Crippen LogP contribution in [0, 0.1) is 13.8 Å². The fraction of sp³-hybridized carbons (Fsp3) is 0.360. The smallest absolute Gasteiger partial charge is 0.233 e. The number of rotatable bonds is 11. The number of methoxy groups -OCH3 is 1. The van der Waals surface area contributed by atoms with Gasteiger partial charge in [-0.25, -0.2) is 4.98 Å². The van der Waals surface area contributed by atoms with Crippen LogP contribution in [0.3, 0.4) is 0 Å². The van der Waals surface area contributed by atoms with Crippen LogP contribution in [0.5, 0.6) is 0 Å². The predicted molar refractivity (Wildman–Crippen MR) is 126 cm³/mol. The van der Waals surface area contributed by atoms with Crippen molar-refractivity contribution >= 4 is 17.7 Å². The van der Waals surface area contributed by atoms with Gasteiger partial charge in [-0.2, -0.15) is 0 Å². The zero-order chi connectivity index (χ0) is 22.1. The van der Waals surface area contributed by atoms with E-state index >= 15 is 0 Å². The minimum Gasteiger partial charge on any atom is -0.383 e. The lowest BCUT2D eigenvalue weighted by Crippen LogP contribution is -2.34. The molecule has 1 aromatic heterocycles. The van der Waals surface area contributed by atoms with Crippen LogP contribution < -0.4 is 0 Å². The Morgan fingerprint density at radius 3 is 2.32 bits per heavy atom.